The van der Waals surface area contributed by atoms with Gasteiger partial charge in [-0.2, -0.15) is 0 Å². The van der Waals surface area contributed by atoms with Crippen LogP contribution in [-0.4, -0.2) is 22.9 Å². The summed E-state index contributed by atoms with van der Waals surface area (Å²) in [6.45, 7) is 3.86. The molecule has 1 saturated heterocycles. The van der Waals surface area contributed by atoms with E-state index in [1.807, 2.05) is 11.8 Å². The van der Waals surface area contributed by atoms with Gasteiger partial charge in [0.15, 0.2) is 0 Å². The SMILES string of the molecule is CCN1CCCC1=C[N+](=O)[O-]. The maximum Gasteiger partial charge on any atom is 0.253 e. The Morgan fingerprint density at radius 3 is 3.09 bits per heavy atom. The highest BCUT2D eigenvalue weighted by molar-refractivity contribution is 5.01. The van der Waals surface area contributed by atoms with Crippen LogP contribution in [-0.2, 0) is 0 Å². The second-order valence-corrected chi connectivity index (χ2v) is 2.59. The van der Waals surface area contributed by atoms with E-state index in [1.165, 1.54) is 0 Å². The zero-order valence-electron chi connectivity index (χ0n) is 6.62. The normalized spacial score (nSPS) is 21.2. The molecule has 0 radical (unpaired) electrons. The molecule has 1 aliphatic heterocycles. The molecule has 0 aromatic heterocycles. The highest BCUT2D eigenvalue weighted by Crippen LogP contribution is 2.19. The van der Waals surface area contributed by atoms with Crippen LogP contribution in [0.5, 0.6) is 0 Å². The summed E-state index contributed by atoms with van der Waals surface area (Å²) in [5.74, 6) is 0. The van der Waals surface area contributed by atoms with E-state index < -0.39 is 0 Å². The van der Waals surface area contributed by atoms with Crippen LogP contribution in [0.4, 0.5) is 0 Å². The minimum absolute atomic E-state index is 0.372. The van der Waals surface area contributed by atoms with Crippen molar-refractivity contribution >= 4 is 0 Å². The molecule has 0 unspecified atom stereocenters. The molecule has 1 heterocycles. The Bertz CT molecular complexity index is 189. The number of nitrogens with zero attached hydrogens (tertiary/aromatic N) is 2. The molecule has 0 aliphatic carbocycles. The molecule has 62 valence electrons. The van der Waals surface area contributed by atoms with Gasteiger partial charge < -0.3 is 4.90 Å². The molecular formula is C7H12N2O2. The Labute approximate surface area is 65.6 Å². The number of hydrogen-bond acceptors (Lipinski definition) is 3. The number of rotatable bonds is 2. The Hall–Kier alpha value is -1.06. The van der Waals surface area contributed by atoms with E-state index in [0.29, 0.717) is 0 Å². The van der Waals surface area contributed by atoms with Gasteiger partial charge >= 0.3 is 0 Å². The van der Waals surface area contributed by atoms with Gasteiger partial charge in [0, 0.05) is 13.1 Å². The molecule has 1 aliphatic rings. The maximum atomic E-state index is 10.1. The molecule has 4 heteroatoms. The second kappa shape index (κ2) is 3.37. The van der Waals surface area contributed by atoms with Gasteiger partial charge in [0.25, 0.3) is 6.20 Å². The Morgan fingerprint density at radius 2 is 2.55 bits per heavy atom. The van der Waals surface area contributed by atoms with Crippen molar-refractivity contribution in [1.82, 2.24) is 4.90 Å². The van der Waals surface area contributed by atoms with E-state index >= 15 is 0 Å². The summed E-state index contributed by atoms with van der Waals surface area (Å²) >= 11 is 0. The van der Waals surface area contributed by atoms with E-state index in [0.717, 1.165) is 37.8 Å². The molecule has 0 N–H and O–H groups in total. The lowest BCUT2D eigenvalue weighted by atomic mass is 10.3. The van der Waals surface area contributed by atoms with Crippen molar-refractivity contribution in [1.29, 1.82) is 0 Å². The van der Waals surface area contributed by atoms with E-state index in [4.69, 9.17) is 0 Å². The first-order chi connectivity index (χ1) is 5.24. The van der Waals surface area contributed by atoms with E-state index in [1.54, 1.807) is 0 Å². The number of nitro groups is 1. The molecule has 0 aromatic carbocycles. The minimum Gasteiger partial charge on any atom is -0.370 e. The van der Waals surface area contributed by atoms with Crippen molar-refractivity contribution in [3.8, 4) is 0 Å². The van der Waals surface area contributed by atoms with Gasteiger partial charge in [-0.05, 0) is 19.8 Å². The first kappa shape index (κ1) is 8.04. The fourth-order valence-electron chi connectivity index (χ4n) is 1.38. The third kappa shape index (κ3) is 1.93. The molecule has 4 nitrogen and oxygen atoms in total. The predicted octanol–water partition coefficient (Wildman–Crippen LogP) is 1.22. The molecular weight excluding hydrogens is 144 g/mol. The van der Waals surface area contributed by atoms with Gasteiger partial charge in [0.1, 0.15) is 0 Å². The van der Waals surface area contributed by atoms with Gasteiger partial charge in [-0.1, -0.05) is 0 Å². The van der Waals surface area contributed by atoms with Gasteiger partial charge in [-0.15, -0.1) is 0 Å². The molecule has 0 aromatic rings. The zero-order valence-corrected chi connectivity index (χ0v) is 6.62. The van der Waals surface area contributed by atoms with Crippen molar-refractivity contribution < 1.29 is 4.92 Å². The molecule has 11 heavy (non-hydrogen) atoms. The third-order valence-electron chi connectivity index (χ3n) is 1.90. The van der Waals surface area contributed by atoms with Crippen molar-refractivity contribution in [2.24, 2.45) is 0 Å². The number of likely N-dealkylation sites (tertiary alicyclic amines) is 1. The van der Waals surface area contributed by atoms with Gasteiger partial charge in [-0.25, -0.2) is 0 Å². The smallest absolute Gasteiger partial charge is 0.253 e. The predicted molar refractivity (Wildman–Crippen MR) is 41.6 cm³/mol. The molecule has 0 saturated carbocycles. The summed E-state index contributed by atoms with van der Waals surface area (Å²) in [5.41, 5.74) is 0.873. The topological polar surface area (TPSA) is 46.4 Å². The van der Waals surface area contributed by atoms with Gasteiger partial charge in [-0.3, -0.25) is 10.1 Å². The minimum atomic E-state index is -0.372. The van der Waals surface area contributed by atoms with Crippen molar-refractivity contribution in [3.05, 3.63) is 22.0 Å². The molecule has 0 spiro atoms. The molecule has 0 amide bonds. The van der Waals surface area contributed by atoms with Crippen LogP contribution >= 0.6 is 0 Å². The van der Waals surface area contributed by atoms with Crippen molar-refractivity contribution in [2.75, 3.05) is 13.1 Å². The Balaban J connectivity index is 2.63. The van der Waals surface area contributed by atoms with Crippen LogP contribution in [0, 0.1) is 10.1 Å². The highest BCUT2D eigenvalue weighted by atomic mass is 16.6. The lowest BCUT2D eigenvalue weighted by Gasteiger charge is -2.14. The lowest BCUT2D eigenvalue weighted by molar-refractivity contribution is -0.404. The first-order valence-electron chi connectivity index (χ1n) is 3.83. The van der Waals surface area contributed by atoms with Crippen molar-refractivity contribution in [2.45, 2.75) is 19.8 Å². The summed E-state index contributed by atoms with van der Waals surface area (Å²) in [6, 6.07) is 0. The quantitative estimate of drug-likeness (QED) is 0.446. The second-order valence-electron chi connectivity index (χ2n) is 2.59. The molecule has 1 fully saturated rings. The lowest BCUT2D eigenvalue weighted by Crippen LogP contribution is -2.17. The fraction of sp³-hybridized carbons (Fsp3) is 0.714. The summed E-state index contributed by atoms with van der Waals surface area (Å²) in [6.07, 6.45) is 3.03. The summed E-state index contributed by atoms with van der Waals surface area (Å²) < 4.78 is 0. The zero-order chi connectivity index (χ0) is 8.27. The monoisotopic (exact) mass is 156 g/mol. The standard InChI is InChI=1S/C7H12N2O2/c1-2-8-5-3-4-7(8)6-9(10)11/h6H,2-5H2,1H3. The van der Waals surface area contributed by atoms with E-state index in [9.17, 15) is 10.1 Å². The van der Waals surface area contributed by atoms with Gasteiger partial charge in [0.2, 0.25) is 0 Å². The third-order valence-corrected chi connectivity index (χ3v) is 1.90. The summed E-state index contributed by atoms with van der Waals surface area (Å²) in [5, 5.41) is 10.1. The molecule has 0 atom stereocenters. The maximum absolute atomic E-state index is 10.1. The van der Waals surface area contributed by atoms with E-state index in [-0.39, 0.29) is 4.92 Å². The van der Waals surface area contributed by atoms with Crippen LogP contribution < -0.4 is 0 Å². The Kier molecular flexibility index (Phi) is 2.46. The first-order valence-corrected chi connectivity index (χ1v) is 3.83. The van der Waals surface area contributed by atoms with Crippen LogP contribution in [0.1, 0.15) is 19.8 Å². The Morgan fingerprint density at radius 1 is 1.82 bits per heavy atom. The highest BCUT2D eigenvalue weighted by Gasteiger charge is 2.17. The van der Waals surface area contributed by atoms with E-state index in [2.05, 4.69) is 0 Å². The average Bonchev–Trinajstić information content (AvgIpc) is 2.34. The number of hydrogen-bond donors (Lipinski definition) is 0. The number of allylic oxidation sites excluding steroid dienone is 1. The molecule has 0 bridgehead atoms. The van der Waals surface area contributed by atoms with Crippen LogP contribution in [0.3, 0.4) is 0 Å². The molecule has 1 rings (SSSR count). The van der Waals surface area contributed by atoms with Crippen LogP contribution in [0.25, 0.3) is 0 Å². The summed E-state index contributed by atoms with van der Waals surface area (Å²) in [4.78, 5) is 11.8. The fourth-order valence-corrected chi connectivity index (χ4v) is 1.38. The largest absolute Gasteiger partial charge is 0.370 e. The van der Waals surface area contributed by atoms with Crippen molar-refractivity contribution in [3.63, 3.8) is 0 Å². The summed E-state index contributed by atoms with van der Waals surface area (Å²) in [7, 11) is 0. The van der Waals surface area contributed by atoms with Crippen LogP contribution in [0.2, 0.25) is 0 Å². The van der Waals surface area contributed by atoms with Gasteiger partial charge in [0.05, 0.1) is 10.6 Å². The van der Waals surface area contributed by atoms with Crippen LogP contribution in [0.15, 0.2) is 11.9 Å². The average molecular weight is 156 g/mol.